The van der Waals surface area contributed by atoms with Gasteiger partial charge >= 0.3 is 0 Å². The molecule has 3 N–H and O–H groups in total. The predicted octanol–water partition coefficient (Wildman–Crippen LogP) is 3.46. The van der Waals surface area contributed by atoms with Crippen molar-refractivity contribution in [2.24, 2.45) is 10.4 Å². The lowest BCUT2D eigenvalue weighted by Crippen LogP contribution is -2.49. The number of nitrogens with zero attached hydrogens (tertiary/aromatic N) is 2. The maximum Gasteiger partial charge on any atom is 0.191 e. The first-order chi connectivity index (χ1) is 14.0. The molecular formula is C24H40N4O. The number of aliphatic hydroxyl groups excluding tert-OH is 1. The zero-order chi connectivity index (χ0) is 20.7. The summed E-state index contributed by atoms with van der Waals surface area (Å²) in [7, 11) is 0. The van der Waals surface area contributed by atoms with E-state index in [1.54, 1.807) is 0 Å². The van der Waals surface area contributed by atoms with Crippen LogP contribution in [0.25, 0.3) is 0 Å². The van der Waals surface area contributed by atoms with Crippen LogP contribution in [0.3, 0.4) is 0 Å². The summed E-state index contributed by atoms with van der Waals surface area (Å²) < 4.78 is 0. The van der Waals surface area contributed by atoms with Gasteiger partial charge in [-0.15, -0.1) is 0 Å². The van der Waals surface area contributed by atoms with Gasteiger partial charge in [-0.2, -0.15) is 0 Å². The van der Waals surface area contributed by atoms with Crippen molar-refractivity contribution in [1.29, 1.82) is 0 Å². The highest BCUT2D eigenvalue weighted by Gasteiger charge is 2.35. The molecular weight excluding hydrogens is 360 g/mol. The summed E-state index contributed by atoms with van der Waals surface area (Å²) in [4.78, 5) is 7.43. The monoisotopic (exact) mass is 400 g/mol. The van der Waals surface area contributed by atoms with Crippen molar-refractivity contribution in [1.82, 2.24) is 15.5 Å². The van der Waals surface area contributed by atoms with E-state index in [2.05, 4.69) is 60.6 Å². The number of hydrogen-bond donors (Lipinski definition) is 3. The van der Waals surface area contributed by atoms with E-state index >= 15 is 0 Å². The molecule has 1 aromatic carbocycles. The second-order valence-corrected chi connectivity index (χ2v) is 9.23. The van der Waals surface area contributed by atoms with Crippen LogP contribution in [-0.4, -0.2) is 54.3 Å². The van der Waals surface area contributed by atoms with E-state index in [0.29, 0.717) is 12.6 Å². The van der Waals surface area contributed by atoms with Gasteiger partial charge in [-0.25, -0.2) is 0 Å². The smallest absolute Gasteiger partial charge is 0.191 e. The van der Waals surface area contributed by atoms with Gasteiger partial charge < -0.3 is 15.7 Å². The van der Waals surface area contributed by atoms with Crippen LogP contribution in [0.2, 0.25) is 0 Å². The predicted molar refractivity (Wildman–Crippen MR) is 121 cm³/mol. The molecule has 1 aliphatic carbocycles. The van der Waals surface area contributed by atoms with E-state index in [1.807, 2.05) is 0 Å². The first-order valence-corrected chi connectivity index (χ1v) is 11.5. The van der Waals surface area contributed by atoms with Gasteiger partial charge in [-0.1, -0.05) is 44.0 Å². The Hall–Kier alpha value is -1.59. The van der Waals surface area contributed by atoms with Crippen molar-refractivity contribution in [2.45, 2.75) is 78.0 Å². The first-order valence-electron chi connectivity index (χ1n) is 11.5. The van der Waals surface area contributed by atoms with Crippen LogP contribution < -0.4 is 10.6 Å². The number of aliphatic imine (C=N–C) groups is 1. The van der Waals surface area contributed by atoms with E-state index in [-0.39, 0.29) is 11.5 Å². The van der Waals surface area contributed by atoms with Gasteiger partial charge in [0.15, 0.2) is 5.96 Å². The number of hydrogen-bond acceptors (Lipinski definition) is 3. The highest BCUT2D eigenvalue weighted by Crippen LogP contribution is 2.36. The largest absolute Gasteiger partial charge is 0.392 e. The number of benzene rings is 1. The fourth-order valence-electron chi connectivity index (χ4n) is 4.60. The fraction of sp³-hybridized carbons (Fsp3) is 0.708. The third kappa shape index (κ3) is 6.19. The number of likely N-dealkylation sites (tertiary alicyclic amines) is 1. The number of nitrogens with one attached hydrogen (secondary N) is 2. The summed E-state index contributed by atoms with van der Waals surface area (Å²) in [5.41, 5.74) is 2.73. The maximum absolute atomic E-state index is 10.4. The van der Waals surface area contributed by atoms with Crippen molar-refractivity contribution < 1.29 is 5.11 Å². The summed E-state index contributed by atoms with van der Waals surface area (Å²) in [6.45, 7) is 11.3. The Morgan fingerprint density at radius 2 is 1.97 bits per heavy atom. The number of piperidine rings is 1. The third-order valence-electron chi connectivity index (χ3n) is 6.81. The lowest BCUT2D eigenvalue weighted by Gasteiger charge is -2.37. The molecule has 1 saturated carbocycles. The van der Waals surface area contributed by atoms with Crippen LogP contribution in [0.5, 0.6) is 0 Å². The molecule has 2 atom stereocenters. The topological polar surface area (TPSA) is 59.9 Å². The molecule has 0 aromatic heterocycles. The summed E-state index contributed by atoms with van der Waals surface area (Å²) in [6.07, 6.45) is 6.36. The molecule has 0 radical (unpaired) electrons. The summed E-state index contributed by atoms with van der Waals surface area (Å²) in [5, 5.41) is 17.5. The molecule has 0 amide bonds. The van der Waals surface area contributed by atoms with Crippen LogP contribution in [0, 0.1) is 12.3 Å². The molecule has 1 saturated heterocycles. The number of aryl methyl sites for hydroxylation is 1. The molecule has 29 heavy (non-hydrogen) atoms. The van der Waals surface area contributed by atoms with Crippen LogP contribution in [-0.2, 0) is 6.54 Å². The minimum atomic E-state index is -0.229. The van der Waals surface area contributed by atoms with Crippen molar-refractivity contribution in [2.75, 3.05) is 26.2 Å². The van der Waals surface area contributed by atoms with Gasteiger partial charge in [0.05, 0.1) is 12.6 Å². The van der Waals surface area contributed by atoms with Gasteiger partial charge in [0.25, 0.3) is 0 Å². The summed E-state index contributed by atoms with van der Waals surface area (Å²) in [6, 6.07) is 9.16. The summed E-state index contributed by atoms with van der Waals surface area (Å²) >= 11 is 0. The molecule has 0 spiro atoms. The molecule has 2 fully saturated rings. The quantitative estimate of drug-likeness (QED) is 0.506. The number of rotatable bonds is 6. The van der Waals surface area contributed by atoms with Gasteiger partial charge in [-0.05, 0) is 50.7 Å². The van der Waals surface area contributed by atoms with Crippen molar-refractivity contribution in [3.05, 3.63) is 35.4 Å². The minimum absolute atomic E-state index is 0.0858. The SMILES string of the molecule is CCNC(=NCC1(C)CCCCC1O)NC1CCN(Cc2ccccc2C)CC1. The Morgan fingerprint density at radius 3 is 2.66 bits per heavy atom. The highest BCUT2D eigenvalue weighted by molar-refractivity contribution is 5.80. The van der Waals surface area contributed by atoms with Crippen LogP contribution >= 0.6 is 0 Å². The Balaban J connectivity index is 1.50. The van der Waals surface area contributed by atoms with Crippen LogP contribution in [0.1, 0.15) is 63.5 Å². The standard InChI is InChI=1S/C24H40N4O/c1-4-25-23(26-18-24(3)14-8-7-11-22(24)29)27-21-12-15-28(16-13-21)17-20-10-6-5-9-19(20)2/h5-6,9-10,21-22,29H,4,7-8,11-18H2,1-3H3,(H2,25,26,27). The van der Waals surface area contributed by atoms with E-state index < -0.39 is 0 Å². The molecule has 1 heterocycles. The molecule has 2 unspecified atom stereocenters. The Morgan fingerprint density at radius 1 is 1.21 bits per heavy atom. The Labute approximate surface area is 177 Å². The van der Waals surface area contributed by atoms with Crippen molar-refractivity contribution in [3.63, 3.8) is 0 Å². The average Bonchev–Trinajstić information content (AvgIpc) is 2.72. The average molecular weight is 401 g/mol. The van der Waals surface area contributed by atoms with E-state index in [1.165, 1.54) is 17.5 Å². The number of aliphatic hydroxyl groups is 1. The maximum atomic E-state index is 10.4. The molecule has 5 nitrogen and oxygen atoms in total. The minimum Gasteiger partial charge on any atom is -0.392 e. The molecule has 162 valence electrons. The zero-order valence-electron chi connectivity index (χ0n) is 18.6. The van der Waals surface area contributed by atoms with E-state index in [4.69, 9.17) is 4.99 Å². The fourth-order valence-corrected chi connectivity index (χ4v) is 4.60. The Kier molecular flexibility index (Phi) is 7.96. The van der Waals surface area contributed by atoms with Crippen molar-refractivity contribution >= 4 is 5.96 Å². The zero-order valence-corrected chi connectivity index (χ0v) is 18.6. The normalized spacial score (nSPS) is 27.0. The van der Waals surface area contributed by atoms with Crippen molar-refractivity contribution in [3.8, 4) is 0 Å². The second kappa shape index (κ2) is 10.4. The lowest BCUT2D eigenvalue weighted by atomic mass is 9.73. The van der Waals surface area contributed by atoms with Gasteiger partial charge in [0.1, 0.15) is 0 Å². The van der Waals surface area contributed by atoms with Gasteiger partial charge in [0, 0.05) is 37.6 Å². The molecule has 3 rings (SSSR count). The second-order valence-electron chi connectivity index (χ2n) is 9.23. The first kappa shape index (κ1) is 22.1. The van der Waals surface area contributed by atoms with Gasteiger partial charge in [-0.3, -0.25) is 9.89 Å². The van der Waals surface area contributed by atoms with Gasteiger partial charge in [0.2, 0.25) is 0 Å². The number of guanidine groups is 1. The molecule has 1 aliphatic heterocycles. The Bertz CT molecular complexity index is 669. The van der Waals surface area contributed by atoms with E-state index in [9.17, 15) is 5.11 Å². The van der Waals surface area contributed by atoms with Crippen LogP contribution in [0.15, 0.2) is 29.3 Å². The van der Waals surface area contributed by atoms with E-state index in [0.717, 1.165) is 64.2 Å². The third-order valence-corrected chi connectivity index (χ3v) is 6.81. The molecule has 1 aromatic rings. The molecule has 0 bridgehead atoms. The highest BCUT2D eigenvalue weighted by atomic mass is 16.3. The lowest BCUT2D eigenvalue weighted by molar-refractivity contribution is 0.00715. The molecule has 2 aliphatic rings. The molecule has 5 heteroatoms. The van der Waals surface area contributed by atoms with Crippen LogP contribution in [0.4, 0.5) is 0 Å². The summed E-state index contributed by atoms with van der Waals surface area (Å²) in [5.74, 6) is 0.906.